The number of aromatic nitrogens is 2. The first-order valence-electron chi connectivity index (χ1n) is 15.3. The minimum atomic E-state index is -0.391. The van der Waals surface area contributed by atoms with Crippen molar-refractivity contribution >= 4 is 55.9 Å². The smallest absolute Gasteiger partial charge is 0.338 e. The summed E-state index contributed by atoms with van der Waals surface area (Å²) in [4.78, 5) is 17.2. The number of fused-ring (bicyclic) bond motifs is 3. The Balaban J connectivity index is 1.06. The molecule has 4 aromatic rings. The minimum Gasteiger partial charge on any atom is -0.489 e. The van der Waals surface area contributed by atoms with Crippen LogP contribution in [0.2, 0.25) is 10.0 Å². The summed E-state index contributed by atoms with van der Waals surface area (Å²) in [6.07, 6.45) is 6.54. The van der Waals surface area contributed by atoms with Gasteiger partial charge in [-0.1, -0.05) is 45.8 Å². The van der Waals surface area contributed by atoms with E-state index in [9.17, 15) is 4.79 Å². The summed E-state index contributed by atoms with van der Waals surface area (Å²) >= 11 is 14.7. The molecule has 0 aliphatic heterocycles. The fourth-order valence-electron chi connectivity index (χ4n) is 6.88. The SMILES string of the molecule is COC(=O)c1cc(OC(C)C)c2nc(N[C@@H]3[C@@H]4CC[C@H]3C[C@@H](OCc3c(-c5c(Cl)cccc5Cl)noc3C3CC3)C4)sc2c1. The van der Waals surface area contributed by atoms with Gasteiger partial charge in [0.15, 0.2) is 5.13 Å². The molecule has 0 amide bonds. The van der Waals surface area contributed by atoms with Gasteiger partial charge in [-0.2, -0.15) is 0 Å². The molecular formula is C33H35Cl2N3O5S. The van der Waals surface area contributed by atoms with Crippen LogP contribution in [0.15, 0.2) is 34.9 Å². The van der Waals surface area contributed by atoms with Crippen LogP contribution >= 0.6 is 34.5 Å². The fraction of sp³-hybridized carbons (Fsp3) is 0.485. The molecule has 3 saturated carbocycles. The molecule has 1 N–H and O–H groups in total. The summed E-state index contributed by atoms with van der Waals surface area (Å²) in [7, 11) is 1.39. The first-order chi connectivity index (χ1) is 21.3. The number of methoxy groups -OCH3 is 1. The first kappa shape index (κ1) is 29.8. The number of anilines is 1. The Morgan fingerprint density at radius 1 is 1.11 bits per heavy atom. The molecule has 3 aliphatic carbocycles. The summed E-state index contributed by atoms with van der Waals surface area (Å²) < 4.78 is 24.4. The highest BCUT2D eigenvalue weighted by molar-refractivity contribution is 7.22. The van der Waals surface area contributed by atoms with Crippen LogP contribution in [0.5, 0.6) is 5.75 Å². The molecule has 7 rings (SSSR count). The highest BCUT2D eigenvalue weighted by atomic mass is 35.5. The third-order valence-corrected chi connectivity index (χ3v) is 10.6. The molecule has 232 valence electrons. The zero-order valence-electron chi connectivity index (χ0n) is 24.9. The van der Waals surface area contributed by atoms with Crippen molar-refractivity contribution in [2.24, 2.45) is 11.8 Å². The van der Waals surface area contributed by atoms with Crippen molar-refractivity contribution in [1.29, 1.82) is 0 Å². The molecule has 2 aromatic heterocycles. The maximum absolute atomic E-state index is 12.3. The van der Waals surface area contributed by atoms with E-state index in [4.69, 9.17) is 46.9 Å². The van der Waals surface area contributed by atoms with Crippen molar-refractivity contribution in [3.63, 3.8) is 0 Å². The molecule has 0 spiro atoms. The Morgan fingerprint density at radius 3 is 2.50 bits per heavy atom. The van der Waals surface area contributed by atoms with Crippen LogP contribution < -0.4 is 10.1 Å². The molecule has 3 aliphatic rings. The van der Waals surface area contributed by atoms with E-state index in [1.54, 1.807) is 17.4 Å². The highest BCUT2D eigenvalue weighted by Crippen LogP contribution is 2.48. The number of hydrogen-bond donors (Lipinski definition) is 1. The van der Waals surface area contributed by atoms with Gasteiger partial charge in [0.25, 0.3) is 0 Å². The van der Waals surface area contributed by atoms with Crippen molar-refractivity contribution < 1.29 is 23.5 Å². The monoisotopic (exact) mass is 655 g/mol. The molecule has 44 heavy (non-hydrogen) atoms. The zero-order valence-corrected chi connectivity index (χ0v) is 27.2. The largest absolute Gasteiger partial charge is 0.489 e. The highest BCUT2D eigenvalue weighted by Gasteiger charge is 2.44. The van der Waals surface area contributed by atoms with Gasteiger partial charge in [0.1, 0.15) is 22.7 Å². The van der Waals surface area contributed by atoms with Gasteiger partial charge in [-0.15, -0.1) is 0 Å². The Hall–Kier alpha value is -2.85. The van der Waals surface area contributed by atoms with Gasteiger partial charge in [0.2, 0.25) is 0 Å². The predicted octanol–water partition coefficient (Wildman–Crippen LogP) is 8.90. The molecule has 4 atom stereocenters. The number of carbonyl (C=O) groups is 1. The van der Waals surface area contributed by atoms with Gasteiger partial charge >= 0.3 is 5.97 Å². The summed E-state index contributed by atoms with van der Waals surface area (Å²) in [5.41, 5.74) is 3.58. The van der Waals surface area contributed by atoms with E-state index in [1.165, 1.54) is 7.11 Å². The van der Waals surface area contributed by atoms with Gasteiger partial charge in [-0.05, 0) is 88.5 Å². The normalized spacial score (nSPS) is 23.0. The van der Waals surface area contributed by atoms with E-state index < -0.39 is 5.97 Å². The number of ether oxygens (including phenoxy) is 3. The van der Waals surface area contributed by atoms with Crippen LogP contribution in [0, 0.1) is 11.8 Å². The second kappa shape index (κ2) is 12.2. The van der Waals surface area contributed by atoms with E-state index in [1.807, 2.05) is 38.1 Å². The second-order valence-corrected chi connectivity index (χ2v) is 14.3. The van der Waals surface area contributed by atoms with Crippen LogP contribution in [0.25, 0.3) is 21.5 Å². The Bertz CT molecular complexity index is 1670. The van der Waals surface area contributed by atoms with Crippen LogP contribution in [0.1, 0.15) is 80.0 Å². The number of carbonyl (C=O) groups excluding carboxylic acids is 1. The van der Waals surface area contributed by atoms with Crippen LogP contribution in [0.3, 0.4) is 0 Å². The van der Waals surface area contributed by atoms with E-state index in [0.717, 1.165) is 65.2 Å². The number of halogens is 2. The van der Waals surface area contributed by atoms with E-state index in [-0.39, 0.29) is 12.2 Å². The number of nitrogens with one attached hydrogen (secondary N) is 1. The van der Waals surface area contributed by atoms with Gasteiger partial charge in [0, 0.05) is 23.1 Å². The maximum atomic E-state index is 12.3. The lowest BCUT2D eigenvalue weighted by Gasteiger charge is -2.35. The first-order valence-corrected chi connectivity index (χ1v) is 16.9. The number of thiazole rings is 1. The van der Waals surface area contributed by atoms with Gasteiger partial charge in [-0.3, -0.25) is 0 Å². The van der Waals surface area contributed by atoms with E-state index >= 15 is 0 Å². The number of esters is 1. The quantitative estimate of drug-likeness (QED) is 0.169. The maximum Gasteiger partial charge on any atom is 0.338 e. The minimum absolute atomic E-state index is 0.0498. The standard InChI is InChI=1S/C33H35Cl2N3O5S/c1-16(2)42-25-13-20(32(39)40-3)14-26-30(25)37-33(44-26)36-28-18-9-10-19(28)12-21(11-18)41-15-22-29(38-43-31(22)17-7-8-17)27-23(34)5-4-6-24(27)35/h4-6,13-14,16-19,21,28H,7-12,15H2,1-3H3,(H,36,37)/t18-,19+,21+,28-. The predicted molar refractivity (Wildman–Crippen MR) is 172 cm³/mol. The molecule has 0 saturated heterocycles. The molecule has 0 unspecified atom stereocenters. The topological polar surface area (TPSA) is 95.7 Å². The third kappa shape index (κ3) is 5.80. The van der Waals surface area contributed by atoms with Crippen LogP contribution in [-0.4, -0.2) is 41.5 Å². The fourth-order valence-corrected chi connectivity index (χ4v) is 8.42. The number of hydrogen-bond acceptors (Lipinski definition) is 9. The lowest BCUT2D eigenvalue weighted by molar-refractivity contribution is -0.00447. The summed E-state index contributed by atoms with van der Waals surface area (Å²) in [5.74, 6) is 2.45. The van der Waals surface area contributed by atoms with Crippen molar-refractivity contribution in [3.8, 4) is 17.0 Å². The molecule has 11 heteroatoms. The van der Waals surface area contributed by atoms with Crippen molar-refractivity contribution in [2.45, 2.75) is 83.1 Å². The molecular weight excluding hydrogens is 621 g/mol. The molecule has 3 fully saturated rings. The Kier molecular flexibility index (Phi) is 8.24. The second-order valence-electron chi connectivity index (χ2n) is 12.4. The van der Waals surface area contributed by atoms with Crippen molar-refractivity contribution in [1.82, 2.24) is 10.1 Å². The van der Waals surface area contributed by atoms with Crippen molar-refractivity contribution in [2.75, 3.05) is 12.4 Å². The average molecular weight is 657 g/mol. The zero-order chi connectivity index (χ0) is 30.5. The van der Waals surface area contributed by atoms with Gasteiger partial charge in [0.05, 0.1) is 46.2 Å². The third-order valence-electron chi connectivity index (χ3n) is 9.02. The molecule has 8 nitrogen and oxygen atoms in total. The lowest BCUT2D eigenvalue weighted by atomic mass is 9.82. The summed E-state index contributed by atoms with van der Waals surface area (Å²) in [5, 5.41) is 10.1. The van der Waals surface area contributed by atoms with Crippen LogP contribution in [-0.2, 0) is 16.1 Å². The van der Waals surface area contributed by atoms with E-state index in [2.05, 4.69) is 10.5 Å². The number of benzene rings is 2. The summed E-state index contributed by atoms with van der Waals surface area (Å²) in [6, 6.07) is 9.36. The van der Waals surface area contributed by atoms with Gasteiger partial charge < -0.3 is 24.1 Å². The van der Waals surface area contributed by atoms with Crippen LogP contribution in [0.4, 0.5) is 5.13 Å². The average Bonchev–Trinajstić information content (AvgIpc) is 3.56. The Labute approximate surface area is 270 Å². The Morgan fingerprint density at radius 2 is 1.84 bits per heavy atom. The molecule has 2 bridgehead atoms. The number of rotatable bonds is 10. The molecule has 0 radical (unpaired) electrons. The van der Waals surface area contributed by atoms with Crippen molar-refractivity contribution in [3.05, 3.63) is 57.3 Å². The number of nitrogens with zero attached hydrogens (tertiary/aromatic N) is 2. The van der Waals surface area contributed by atoms with E-state index in [0.29, 0.717) is 63.0 Å². The lowest BCUT2D eigenvalue weighted by Crippen LogP contribution is -2.39. The van der Waals surface area contributed by atoms with Gasteiger partial charge in [-0.25, -0.2) is 9.78 Å². The summed E-state index contributed by atoms with van der Waals surface area (Å²) in [6.45, 7) is 4.35. The molecule has 2 aromatic carbocycles. The molecule has 2 heterocycles.